The van der Waals surface area contributed by atoms with E-state index in [1.807, 2.05) is 30.3 Å². The van der Waals surface area contributed by atoms with Crippen LogP contribution in [0.5, 0.6) is 5.75 Å². The number of anilines is 1. The number of benzene rings is 1. The Labute approximate surface area is 199 Å². The van der Waals surface area contributed by atoms with Crippen LogP contribution in [0.25, 0.3) is 0 Å². The molecule has 2 saturated carbocycles. The summed E-state index contributed by atoms with van der Waals surface area (Å²) in [6, 6.07) is 7.30. The van der Waals surface area contributed by atoms with Gasteiger partial charge in [-0.05, 0) is 93.9 Å². The molecule has 1 amide bonds. The van der Waals surface area contributed by atoms with Crippen molar-refractivity contribution in [3.8, 4) is 5.75 Å². The predicted molar refractivity (Wildman–Crippen MR) is 132 cm³/mol. The van der Waals surface area contributed by atoms with E-state index in [-0.39, 0.29) is 34.2 Å². The van der Waals surface area contributed by atoms with Gasteiger partial charge in [-0.2, -0.15) is 0 Å². The average molecular weight is 456 g/mol. The summed E-state index contributed by atoms with van der Waals surface area (Å²) in [5.74, 6) is 1.74. The maximum absolute atomic E-state index is 12.8. The minimum Gasteiger partial charge on any atom is -0.497 e. The summed E-state index contributed by atoms with van der Waals surface area (Å²) in [7, 11) is 1.63. The molecule has 4 rings (SSSR count). The fraction of sp³-hybridized carbons (Fsp3) is 0.679. The summed E-state index contributed by atoms with van der Waals surface area (Å²) in [4.78, 5) is 12.8. The van der Waals surface area contributed by atoms with E-state index in [0.29, 0.717) is 17.5 Å². The number of rotatable bonds is 4. The van der Waals surface area contributed by atoms with Crippen LogP contribution in [0, 0.1) is 22.7 Å². The first-order chi connectivity index (χ1) is 15.5. The van der Waals surface area contributed by atoms with Crippen LogP contribution in [0.4, 0.5) is 10.5 Å². The van der Waals surface area contributed by atoms with Gasteiger partial charge in [0.2, 0.25) is 0 Å². The first kappa shape index (κ1) is 24.1. The SMILES string of the molecule is C=C[C@@]1(C)CC[C@@H]2[C@](C)(CCC3C(C)(C)[C@H](OC(=O)Nc4ccc(OC)cc4)CC[C@]32C)O1. The topological polar surface area (TPSA) is 56.8 Å². The number of ether oxygens (including phenoxy) is 3. The van der Waals surface area contributed by atoms with E-state index >= 15 is 0 Å². The van der Waals surface area contributed by atoms with Gasteiger partial charge in [0.1, 0.15) is 11.9 Å². The van der Waals surface area contributed by atoms with Crippen molar-refractivity contribution in [1.82, 2.24) is 0 Å². The Morgan fingerprint density at radius 1 is 1.03 bits per heavy atom. The van der Waals surface area contributed by atoms with Gasteiger partial charge in [-0.15, -0.1) is 6.58 Å². The number of carbonyl (C=O) groups is 1. The molecule has 0 spiro atoms. The molecular weight excluding hydrogens is 414 g/mol. The summed E-state index contributed by atoms with van der Waals surface area (Å²) in [6.07, 6.45) is 7.72. The number of hydrogen-bond acceptors (Lipinski definition) is 4. The van der Waals surface area contributed by atoms with Gasteiger partial charge < -0.3 is 14.2 Å². The summed E-state index contributed by atoms with van der Waals surface area (Å²) in [5, 5.41) is 2.88. The Morgan fingerprint density at radius 3 is 2.33 bits per heavy atom. The van der Waals surface area contributed by atoms with Crippen LogP contribution in [0.1, 0.15) is 73.1 Å². The van der Waals surface area contributed by atoms with Crippen molar-refractivity contribution in [1.29, 1.82) is 0 Å². The molecule has 2 aliphatic carbocycles. The average Bonchev–Trinajstić information content (AvgIpc) is 2.75. The molecule has 1 aromatic carbocycles. The number of nitrogens with one attached hydrogen (secondary N) is 1. The van der Waals surface area contributed by atoms with E-state index in [1.165, 1.54) is 0 Å². The minimum absolute atomic E-state index is 0.106. The zero-order chi connectivity index (χ0) is 24.1. The second kappa shape index (κ2) is 8.33. The minimum atomic E-state index is -0.384. The Morgan fingerprint density at radius 2 is 1.70 bits per heavy atom. The lowest BCUT2D eigenvalue weighted by molar-refractivity contribution is -0.261. The molecule has 3 aliphatic rings. The van der Waals surface area contributed by atoms with E-state index < -0.39 is 0 Å². The smallest absolute Gasteiger partial charge is 0.411 e. The van der Waals surface area contributed by atoms with Gasteiger partial charge in [0.25, 0.3) is 0 Å². The summed E-state index contributed by atoms with van der Waals surface area (Å²) in [5.41, 5.74) is 0.416. The van der Waals surface area contributed by atoms with Crippen LogP contribution >= 0.6 is 0 Å². The Hall–Kier alpha value is -2.01. The quantitative estimate of drug-likeness (QED) is 0.498. The lowest BCUT2D eigenvalue weighted by atomic mass is 9.44. The van der Waals surface area contributed by atoms with Crippen molar-refractivity contribution in [2.75, 3.05) is 12.4 Å². The maximum Gasteiger partial charge on any atom is 0.411 e. The van der Waals surface area contributed by atoms with Gasteiger partial charge in [-0.25, -0.2) is 4.79 Å². The zero-order valence-electron chi connectivity index (χ0n) is 21.2. The third-order valence-corrected chi connectivity index (χ3v) is 9.35. The van der Waals surface area contributed by atoms with Crippen molar-refractivity contribution in [3.05, 3.63) is 36.9 Å². The third-order valence-electron chi connectivity index (χ3n) is 9.35. The van der Waals surface area contributed by atoms with E-state index in [4.69, 9.17) is 14.2 Å². The second-order valence-corrected chi connectivity index (χ2v) is 11.7. The van der Waals surface area contributed by atoms with Crippen LogP contribution in [-0.2, 0) is 9.47 Å². The standard InChI is InChI=1S/C28H41NO4/c1-8-26(4)16-13-22-27(5)17-15-23(25(2,3)21(27)14-18-28(22,6)33-26)32-24(30)29-19-9-11-20(31-7)12-10-19/h8-12,21-23H,1,13-18H2,2-7H3,(H,29,30)/t21?,22-,23+,26-,27+,28-/m0/s1. The van der Waals surface area contributed by atoms with Crippen LogP contribution in [0.15, 0.2) is 36.9 Å². The molecule has 1 aliphatic heterocycles. The van der Waals surface area contributed by atoms with Crippen LogP contribution in [0.2, 0.25) is 0 Å². The van der Waals surface area contributed by atoms with Gasteiger partial charge in [0.15, 0.2) is 0 Å². The molecule has 1 saturated heterocycles. The van der Waals surface area contributed by atoms with Crippen LogP contribution < -0.4 is 10.1 Å². The molecule has 0 radical (unpaired) electrons. The maximum atomic E-state index is 12.8. The summed E-state index contributed by atoms with van der Waals surface area (Å²) >= 11 is 0. The molecule has 1 heterocycles. The van der Waals surface area contributed by atoms with E-state index in [2.05, 4.69) is 46.5 Å². The number of methoxy groups -OCH3 is 1. The van der Waals surface area contributed by atoms with Gasteiger partial charge in [-0.3, -0.25) is 5.32 Å². The Kier molecular flexibility index (Phi) is 6.09. The van der Waals surface area contributed by atoms with Crippen molar-refractivity contribution in [3.63, 3.8) is 0 Å². The molecule has 1 unspecified atom stereocenters. The van der Waals surface area contributed by atoms with Gasteiger partial charge in [-0.1, -0.05) is 26.8 Å². The fourth-order valence-electron chi connectivity index (χ4n) is 7.56. The molecular formula is C28H41NO4. The number of carbonyl (C=O) groups excluding carboxylic acids is 1. The largest absolute Gasteiger partial charge is 0.497 e. The Balaban J connectivity index is 1.47. The summed E-state index contributed by atoms with van der Waals surface area (Å²) < 4.78 is 18.0. The van der Waals surface area contributed by atoms with Crippen molar-refractivity contribution < 1.29 is 19.0 Å². The molecule has 1 N–H and O–H groups in total. The number of fused-ring (bicyclic) bond motifs is 3. The molecule has 1 aromatic rings. The highest BCUT2D eigenvalue weighted by Gasteiger charge is 2.63. The molecule has 0 bridgehead atoms. The molecule has 3 fully saturated rings. The monoisotopic (exact) mass is 455 g/mol. The molecule has 6 atom stereocenters. The van der Waals surface area contributed by atoms with Crippen LogP contribution in [-0.4, -0.2) is 30.5 Å². The first-order valence-corrected chi connectivity index (χ1v) is 12.4. The van der Waals surface area contributed by atoms with Crippen molar-refractivity contribution in [2.45, 2.75) is 90.4 Å². The molecule has 33 heavy (non-hydrogen) atoms. The number of amides is 1. The van der Waals surface area contributed by atoms with E-state index in [9.17, 15) is 4.79 Å². The second-order valence-electron chi connectivity index (χ2n) is 11.7. The predicted octanol–water partition coefficient (Wildman–Crippen LogP) is 6.98. The molecule has 5 heteroatoms. The van der Waals surface area contributed by atoms with Gasteiger partial charge in [0.05, 0.1) is 18.3 Å². The first-order valence-electron chi connectivity index (χ1n) is 12.4. The highest BCUT2D eigenvalue weighted by molar-refractivity contribution is 5.84. The zero-order valence-corrected chi connectivity index (χ0v) is 21.2. The van der Waals surface area contributed by atoms with E-state index in [1.54, 1.807) is 7.11 Å². The lowest BCUT2D eigenvalue weighted by Gasteiger charge is -2.66. The molecule has 0 aromatic heterocycles. The van der Waals surface area contributed by atoms with Crippen LogP contribution in [0.3, 0.4) is 0 Å². The highest BCUT2D eigenvalue weighted by atomic mass is 16.6. The Bertz CT molecular complexity index is 896. The third kappa shape index (κ3) is 4.18. The highest BCUT2D eigenvalue weighted by Crippen LogP contribution is 2.66. The molecule has 5 nitrogen and oxygen atoms in total. The molecule has 182 valence electrons. The normalized spacial score (nSPS) is 39.5. The van der Waals surface area contributed by atoms with E-state index in [0.717, 1.165) is 44.3 Å². The van der Waals surface area contributed by atoms with Gasteiger partial charge in [0, 0.05) is 11.1 Å². The number of hydrogen-bond donors (Lipinski definition) is 1. The fourth-order valence-corrected chi connectivity index (χ4v) is 7.56. The van der Waals surface area contributed by atoms with Gasteiger partial charge >= 0.3 is 6.09 Å². The lowest BCUT2D eigenvalue weighted by Crippen LogP contribution is -2.64. The summed E-state index contributed by atoms with van der Waals surface area (Å²) in [6.45, 7) is 15.6. The van der Waals surface area contributed by atoms with Crippen molar-refractivity contribution >= 4 is 11.8 Å². The van der Waals surface area contributed by atoms with Crippen molar-refractivity contribution in [2.24, 2.45) is 22.7 Å².